The summed E-state index contributed by atoms with van der Waals surface area (Å²) in [5.74, 6) is -0.321. The van der Waals surface area contributed by atoms with E-state index in [0.717, 1.165) is 16.8 Å². The quantitative estimate of drug-likeness (QED) is 0.543. The Bertz CT molecular complexity index is 454. The molecular formula is C11H10ClNO2. The van der Waals surface area contributed by atoms with Crippen molar-refractivity contribution in [2.24, 2.45) is 0 Å². The number of carbonyl (C=O) groups is 1. The number of carbonyl (C=O) groups excluding carboxylic acids is 1. The third-order valence-electron chi connectivity index (χ3n) is 2.28. The first-order valence-corrected chi connectivity index (χ1v) is 4.98. The van der Waals surface area contributed by atoms with Gasteiger partial charge in [-0.2, -0.15) is 0 Å². The van der Waals surface area contributed by atoms with Gasteiger partial charge in [0.25, 0.3) is 0 Å². The minimum atomic E-state index is -0.392. The lowest BCUT2D eigenvalue weighted by molar-refractivity contribution is -0.144. The van der Waals surface area contributed by atoms with E-state index in [1.807, 2.05) is 19.1 Å². The second-order valence-corrected chi connectivity index (χ2v) is 3.83. The van der Waals surface area contributed by atoms with E-state index in [4.69, 9.17) is 16.3 Å². The Morgan fingerprint density at radius 2 is 2.27 bits per heavy atom. The van der Waals surface area contributed by atoms with Gasteiger partial charge in [-0.3, -0.25) is 4.79 Å². The third kappa shape index (κ3) is 1.88. The molecule has 1 unspecified atom stereocenters. The summed E-state index contributed by atoms with van der Waals surface area (Å²) in [4.78, 5) is 15.1. The molecule has 0 fully saturated rings. The maximum Gasteiger partial charge on any atom is 0.303 e. The van der Waals surface area contributed by atoms with Crippen molar-refractivity contribution in [1.29, 1.82) is 0 Å². The smallest absolute Gasteiger partial charge is 0.303 e. The normalized spacial score (nSPS) is 18.3. The van der Waals surface area contributed by atoms with Crippen molar-refractivity contribution in [3.63, 3.8) is 0 Å². The van der Waals surface area contributed by atoms with Crippen LogP contribution in [0.25, 0.3) is 5.57 Å². The fourth-order valence-electron chi connectivity index (χ4n) is 1.66. The van der Waals surface area contributed by atoms with Crippen LogP contribution in [0.1, 0.15) is 31.2 Å². The molecule has 0 N–H and O–H groups in total. The van der Waals surface area contributed by atoms with E-state index >= 15 is 0 Å². The standard InChI is InChI=1S/C11H10ClNO2/c1-6-5-9(15-7(2)14)11-8(6)3-4-10(12)13-11/h3-5,9H,1-2H3. The Hall–Kier alpha value is -1.35. The Labute approximate surface area is 92.7 Å². The highest BCUT2D eigenvalue weighted by Crippen LogP contribution is 2.35. The van der Waals surface area contributed by atoms with Gasteiger partial charge in [0.15, 0.2) is 6.10 Å². The number of aromatic nitrogens is 1. The number of allylic oxidation sites excluding steroid dienone is 1. The number of nitrogens with zero attached hydrogens (tertiary/aromatic N) is 1. The summed E-state index contributed by atoms with van der Waals surface area (Å²) in [6, 6.07) is 3.62. The maximum atomic E-state index is 10.9. The van der Waals surface area contributed by atoms with Crippen molar-refractivity contribution < 1.29 is 9.53 Å². The van der Waals surface area contributed by atoms with Crippen LogP contribution in [0.4, 0.5) is 0 Å². The van der Waals surface area contributed by atoms with Crippen molar-refractivity contribution >= 4 is 23.1 Å². The van der Waals surface area contributed by atoms with Crippen molar-refractivity contribution in [2.75, 3.05) is 0 Å². The van der Waals surface area contributed by atoms with E-state index in [9.17, 15) is 4.79 Å². The van der Waals surface area contributed by atoms with Gasteiger partial charge >= 0.3 is 5.97 Å². The molecule has 1 aliphatic carbocycles. The zero-order chi connectivity index (χ0) is 11.0. The summed E-state index contributed by atoms with van der Waals surface area (Å²) in [6.45, 7) is 3.34. The third-order valence-corrected chi connectivity index (χ3v) is 2.49. The summed E-state index contributed by atoms with van der Waals surface area (Å²) in [5.41, 5.74) is 2.77. The minimum absolute atomic E-state index is 0.321. The summed E-state index contributed by atoms with van der Waals surface area (Å²) in [6.07, 6.45) is 1.48. The first-order valence-electron chi connectivity index (χ1n) is 4.60. The zero-order valence-electron chi connectivity index (χ0n) is 8.45. The Kier molecular flexibility index (Phi) is 2.49. The van der Waals surface area contributed by atoms with Crippen molar-refractivity contribution in [2.45, 2.75) is 20.0 Å². The number of hydrogen-bond acceptors (Lipinski definition) is 3. The second kappa shape index (κ2) is 3.66. The number of esters is 1. The fraction of sp³-hybridized carbons (Fsp3) is 0.273. The van der Waals surface area contributed by atoms with Gasteiger partial charge in [0.05, 0.1) is 5.69 Å². The van der Waals surface area contributed by atoms with E-state index < -0.39 is 6.10 Å². The molecule has 0 bridgehead atoms. The van der Waals surface area contributed by atoms with Crippen LogP contribution >= 0.6 is 11.6 Å². The fourth-order valence-corrected chi connectivity index (χ4v) is 1.82. The van der Waals surface area contributed by atoms with E-state index in [-0.39, 0.29) is 5.97 Å². The molecule has 0 aliphatic heterocycles. The minimum Gasteiger partial charge on any atom is -0.452 e. The molecule has 15 heavy (non-hydrogen) atoms. The van der Waals surface area contributed by atoms with E-state index in [0.29, 0.717) is 5.15 Å². The average Bonchev–Trinajstić information content (AvgIpc) is 2.42. The lowest BCUT2D eigenvalue weighted by Gasteiger charge is -2.09. The summed E-state index contributed by atoms with van der Waals surface area (Å²) < 4.78 is 5.13. The zero-order valence-corrected chi connectivity index (χ0v) is 9.21. The molecule has 1 aromatic rings. The largest absolute Gasteiger partial charge is 0.452 e. The van der Waals surface area contributed by atoms with Crippen molar-refractivity contribution in [1.82, 2.24) is 4.98 Å². The highest BCUT2D eigenvalue weighted by atomic mass is 35.5. The van der Waals surface area contributed by atoms with Crippen LogP contribution in [-0.4, -0.2) is 11.0 Å². The first kappa shape index (κ1) is 10.2. The number of ether oxygens (including phenoxy) is 1. The van der Waals surface area contributed by atoms with Crippen LogP contribution in [0.2, 0.25) is 5.15 Å². The van der Waals surface area contributed by atoms with Crippen LogP contribution in [0.3, 0.4) is 0 Å². The average molecular weight is 224 g/mol. The molecule has 1 heterocycles. The van der Waals surface area contributed by atoms with Gasteiger partial charge in [0.1, 0.15) is 5.15 Å². The van der Waals surface area contributed by atoms with Gasteiger partial charge in [-0.15, -0.1) is 0 Å². The van der Waals surface area contributed by atoms with Crippen LogP contribution < -0.4 is 0 Å². The highest BCUT2D eigenvalue weighted by Gasteiger charge is 2.25. The monoisotopic (exact) mass is 223 g/mol. The number of halogens is 1. The van der Waals surface area contributed by atoms with Crippen molar-refractivity contribution in [3.05, 3.63) is 34.6 Å². The van der Waals surface area contributed by atoms with Gasteiger partial charge in [0, 0.05) is 12.5 Å². The molecule has 2 rings (SSSR count). The summed E-state index contributed by atoms with van der Waals surface area (Å²) >= 11 is 5.80. The van der Waals surface area contributed by atoms with E-state index in [1.54, 1.807) is 6.07 Å². The molecule has 3 nitrogen and oxygen atoms in total. The Morgan fingerprint density at radius 3 is 2.93 bits per heavy atom. The molecule has 1 atom stereocenters. The molecule has 0 saturated heterocycles. The van der Waals surface area contributed by atoms with Gasteiger partial charge in [-0.05, 0) is 30.7 Å². The van der Waals surface area contributed by atoms with Gasteiger partial charge in [0.2, 0.25) is 0 Å². The number of pyridine rings is 1. The van der Waals surface area contributed by atoms with E-state index in [2.05, 4.69) is 4.98 Å². The summed E-state index contributed by atoms with van der Waals surface area (Å²) in [7, 11) is 0. The predicted octanol–water partition coefficient (Wildman–Crippen LogP) is 2.76. The maximum absolute atomic E-state index is 10.9. The lowest BCUT2D eigenvalue weighted by atomic mass is 10.1. The Balaban J connectivity index is 2.41. The highest BCUT2D eigenvalue weighted by molar-refractivity contribution is 6.29. The number of rotatable bonds is 1. The molecular weight excluding hydrogens is 214 g/mol. The van der Waals surface area contributed by atoms with Gasteiger partial charge in [-0.1, -0.05) is 11.6 Å². The SMILES string of the molecule is CC(=O)OC1C=C(C)c2ccc(Cl)nc21. The molecule has 1 aliphatic rings. The molecule has 0 radical (unpaired) electrons. The van der Waals surface area contributed by atoms with E-state index in [1.165, 1.54) is 6.92 Å². The first-order chi connectivity index (χ1) is 7.08. The molecule has 0 amide bonds. The second-order valence-electron chi connectivity index (χ2n) is 3.45. The van der Waals surface area contributed by atoms with Gasteiger partial charge < -0.3 is 4.74 Å². The van der Waals surface area contributed by atoms with Crippen LogP contribution in [0.15, 0.2) is 18.2 Å². The molecule has 4 heteroatoms. The molecule has 0 spiro atoms. The van der Waals surface area contributed by atoms with Crippen LogP contribution in [0, 0.1) is 0 Å². The molecule has 78 valence electrons. The topological polar surface area (TPSA) is 39.2 Å². The Morgan fingerprint density at radius 1 is 1.53 bits per heavy atom. The number of hydrogen-bond donors (Lipinski definition) is 0. The number of fused-ring (bicyclic) bond motifs is 1. The predicted molar refractivity (Wildman–Crippen MR) is 57.4 cm³/mol. The van der Waals surface area contributed by atoms with Crippen LogP contribution in [0.5, 0.6) is 0 Å². The molecule has 0 aromatic carbocycles. The summed E-state index contributed by atoms with van der Waals surface area (Å²) in [5, 5.41) is 0.411. The lowest BCUT2D eigenvalue weighted by Crippen LogP contribution is -2.06. The van der Waals surface area contributed by atoms with Crippen molar-refractivity contribution in [3.8, 4) is 0 Å². The molecule has 1 aromatic heterocycles. The van der Waals surface area contributed by atoms with Gasteiger partial charge in [-0.25, -0.2) is 4.98 Å². The molecule has 0 saturated carbocycles. The van der Waals surface area contributed by atoms with Crippen LogP contribution in [-0.2, 0) is 9.53 Å².